The fourth-order valence-corrected chi connectivity index (χ4v) is 6.61. The average molecular weight is 682 g/mol. The third-order valence-electron chi connectivity index (χ3n) is 9.04. The van der Waals surface area contributed by atoms with Crippen LogP contribution >= 0.6 is 0 Å². The number of nitrogens with one attached hydrogen (secondary N) is 3. The molecule has 4 atom stereocenters. The molecule has 256 valence electrons. The first-order chi connectivity index (χ1) is 22.6. The van der Waals surface area contributed by atoms with Gasteiger partial charge in [0.15, 0.2) is 11.7 Å². The maximum atomic E-state index is 14.2. The van der Waals surface area contributed by atoms with Gasteiger partial charge in [-0.05, 0) is 45.0 Å². The zero-order chi connectivity index (χ0) is 34.6. The first-order valence-corrected chi connectivity index (χ1v) is 15.1. The second-order valence-corrected chi connectivity index (χ2v) is 12.2. The van der Waals surface area contributed by atoms with Gasteiger partial charge >= 0.3 is 18.3 Å². The van der Waals surface area contributed by atoms with Gasteiger partial charge < -0.3 is 30.9 Å². The van der Waals surface area contributed by atoms with Crippen LogP contribution in [0.1, 0.15) is 50.5 Å². The minimum atomic E-state index is -4.91. The van der Waals surface area contributed by atoms with E-state index in [1.807, 2.05) is 0 Å². The minimum Gasteiger partial charge on any atom is -0.507 e. The predicted molar refractivity (Wildman–Crippen MR) is 159 cm³/mol. The number of amides is 2. The maximum absolute atomic E-state index is 14.2. The highest BCUT2D eigenvalue weighted by atomic mass is 19.4. The maximum Gasteiger partial charge on any atom is 0.420 e. The third-order valence-corrected chi connectivity index (χ3v) is 9.04. The number of hydrogen-bond acceptors (Lipinski definition) is 9. The lowest BCUT2D eigenvalue weighted by Gasteiger charge is -2.23. The van der Waals surface area contributed by atoms with Crippen LogP contribution in [0.3, 0.4) is 0 Å². The van der Waals surface area contributed by atoms with Crippen molar-refractivity contribution in [1.82, 2.24) is 25.1 Å². The highest BCUT2D eigenvalue weighted by Gasteiger charge is 2.67. The Hall–Kier alpha value is -4.48. The summed E-state index contributed by atoms with van der Waals surface area (Å²) in [5, 5.41) is 28.9. The fraction of sp³-hybridized carbons (Fsp3) is 0.419. The standard InChI is InChI=1S/C31H30F6N6O5/c1-15-6-25(44)18(30(32,33)34)8-23(15)43(13-24(43)16-2-4-38-11-16)29(47)22-9-21(40-14-41-22)28(46)42-20-7-19(31(35,36)37)27(10-26(20)45)48-17-3-5-39-12-17/h6-10,14,16-17,24,38-39H,2-5,11-13H2,1H3,(H2-,40,41,42,44,45,46,47)/p+1. The summed E-state index contributed by atoms with van der Waals surface area (Å²) in [4.78, 5) is 35.3. The second-order valence-electron chi connectivity index (χ2n) is 12.2. The van der Waals surface area contributed by atoms with Crippen molar-refractivity contribution in [2.24, 2.45) is 5.92 Å². The molecule has 48 heavy (non-hydrogen) atoms. The summed E-state index contributed by atoms with van der Waals surface area (Å²) in [5.74, 6) is -4.19. The van der Waals surface area contributed by atoms with Crippen LogP contribution in [0.2, 0.25) is 0 Å². The number of rotatable bonds is 7. The molecule has 11 nitrogen and oxygen atoms in total. The molecule has 0 radical (unpaired) electrons. The van der Waals surface area contributed by atoms with Crippen LogP contribution in [0.4, 0.5) is 37.7 Å². The summed E-state index contributed by atoms with van der Waals surface area (Å²) < 4.78 is 88.2. The molecule has 2 aromatic carbocycles. The van der Waals surface area contributed by atoms with Crippen molar-refractivity contribution in [2.75, 3.05) is 38.0 Å². The number of benzene rings is 2. The van der Waals surface area contributed by atoms with E-state index >= 15 is 0 Å². The number of phenols is 2. The first kappa shape index (κ1) is 33.4. The molecule has 3 aromatic rings. The third kappa shape index (κ3) is 6.24. The summed E-state index contributed by atoms with van der Waals surface area (Å²) in [7, 11) is 0. The number of halogens is 6. The van der Waals surface area contributed by atoms with Crippen molar-refractivity contribution in [2.45, 2.75) is 44.3 Å². The van der Waals surface area contributed by atoms with Crippen LogP contribution in [0.15, 0.2) is 36.7 Å². The van der Waals surface area contributed by atoms with Gasteiger partial charge in [-0.25, -0.2) is 19.2 Å². The molecule has 4 unspecified atom stereocenters. The largest absolute Gasteiger partial charge is 0.507 e. The Kier molecular flexibility index (Phi) is 8.49. The van der Waals surface area contributed by atoms with Crippen LogP contribution in [0.25, 0.3) is 0 Å². The number of phenolic OH excluding ortho intramolecular Hbond substituents is 2. The molecular weight excluding hydrogens is 650 g/mol. The molecule has 3 aliphatic heterocycles. The van der Waals surface area contributed by atoms with E-state index in [4.69, 9.17) is 4.74 Å². The predicted octanol–water partition coefficient (Wildman–Crippen LogP) is 4.37. The quantitative estimate of drug-likeness (QED) is 0.106. The van der Waals surface area contributed by atoms with Gasteiger partial charge in [0.2, 0.25) is 0 Å². The van der Waals surface area contributed by atoms with Crippen molar-refractivity contribution in [3.63, 3.8) is 0 Å². The van der Waals surface area contributed by atoms with Crippen molar-refractivity contribution in [3.8, 4) is 17.2 Å². The molecule has 3 saturated heterocycles. The number of aromatic nitrogens is 2. The average Bonchev–Trinajstić information content (AvgIpc) is 3.33. The van der Waals surface area contributed by atoms with Crippen molar-refractivity contribution < 1.29 is 50.9 Å². The van der Waals surface area contributed by atoms with Crippen LogP contribution in [0, 0.1) is 12.8 Å². The number of alkyl halides is 6. The highest BCUT2D eigenvalue weighted by molar-refractivity contribution is 6.08. The van der Waals surface area contributed by atoms with Gasteiger partial charge in [0.05, 0.1) is 11.3 Å². The Labute approximate surface area is 269 Å². The van der Waals surface area contributed by atoms with E-state index in [0.717, 1.165) is 30.6 Å². The molecule has 1 aromatic heterocycles. The number of quaternary nitrogens is 1. The molecule has 3 aliphatic rings. The first-order valence-electron chi connectivity index (χ1n) is 15.1. The molecule has 5 N–H and O–H groups in total. The molecule has 4 heterocycles. The lowest BCUT2D eigenvalue weighted by molar-refractivity contribution is -0.139. The Morgan fingerprint density at radius 2 is 1.58 bits per heavy atom. The van der Waals surface area contributed by atoms with Gasteiger partial charge in [-0.2, -0.15) is 26.3 Å². The lowest BCUT2D eigenvalue weighted by Crippen LogP contribution is -2.41. The molecule has 0 spiro atoms. The molecule has 2 amide bonds. The van der Waals surface area contributed by atoms with E-state index in [-0.39, 0.29) is 29.4 Å². The van der Waals surface area contributed by atoms with Crippen LogP contribution in [0.5, 0.6) is 17.2 Å². The summed E-state index contributed by atoms with van der Waals surface area (Å²) in [6.45, 7) is 3.68. The summed E-state index contributed by atoms with van der Waals surface area (Å²) in [5.41, 5.74) is -3.65. The van der Waals surface area contributed by atoms with Crippen molar-refractivity contribution in [3.05, 3.63) is 64.7 Å². The van der Waals surface area contributed by atoms with Gasteiger partial charge in [-0.3, -0.25) is 4.79 Å². The summed E-state index contributed by atoms with van der Waals surface area (Å²) in [6.07, 6.45) is -8.35. The fourth-order valence-electron chi connectivity index (χ4n) is 6.61. The smallest absolute Gasteiger partial charge is 0.420 e. The van der Waals surface area contributed by atoms with Crippen LogP contribution in [-0.4, -0.2) is 76.9 Å². The summed E-state index contributed by atoms with van der Waals surface area (Å²) in [6, 6.07) is 3.56. The topological polar surface area (TPSA) is 146 Å². The number of carbonyl (C=O) groups is 2. The van der Waals surface area contributed by atoms with Gasteiger partial charge in [0.25, 0.3) is 5.91 Å². The Morgan fingerprint density at radius 1 is 0.896 bits per heavy atom. The number of nitrogens with zero attached hydrogens (tertiary/aromatic N) is 3. The van der Waals surface area contributed by atoms with Crippen molar-refractivity contribution >= 4 is 23.2 Å². The molecule has 0 saturated carbocycles. The number of aryl methyl sites for hydroxylation is 1. The SMILES string of the molecule is Cc1cc(O)c(C(F)(F)F)cc1[N+]1(C(=O)c2cc(C(=O)Nc3cc(C(F)(F)F)c(OC4CCNC4)cc3O)ncn2)CC1C1CCNC1. The van der Waals surface area contributed by atoms with Crippen molar-refractivity contribution in [1.29, 1.82) is 0 Å². The van der Waals surface area contributed by atoms with Crippen LogP contribution in [-0.2, 0) is 12.4 Å². The monoisotopic (exact) mass is 681 g/mol. The van der Waals surface area contributed by atoms with E-state index in [9.17, 15) is 46.1 Å². The Bertz CT molecular complexity index is 1760. The zero-order valence-corrected chi connectivity index (χ0v) is 25.4. The van der Waals surface area contributed by atoms with Gasteiger partial charge in [0.1, 0.15) is 53.2 Å². The number of hydrogen-bond donors (Lipinski definition) is 5. The molecule has 0 bridgehead atoms. The number of aromatic hydroxyl groups is 2. The number of carbonyl (C=O) groups excluding carboxylic acids is 2. The van der Waals surface area contributed by atoms with Crippen LogP contribution < -0.4 is 25.2 Å². The van der Waals surface area contributed by atoms with Gasteiger partial charge in [-0.15, -0.1) is 0 Å². The Morgan fingerprint density at radius 3 is 2.23 bits per heavy atom. The Balaban J connectivity index is 1.32. The zero-order valence-electron chi connectivity index (χ0n) is 25.4. The molecule has 6 rings (SSSR count). The summed E-state index contributed by atoms with van der Waals surface area (Å²) >= 11 is 0. The number of anilines is 1. The van der Waals surface area contributed by atoms with E-state index in [2.05, 4.69) is 25.9 Å². The van der Waals surface area contributed by atoms with E-state index in [0.29, 0.717) is 45.1 Å². The van der Waals surface area contributed by atoms with E-state index in [1.54, 1.807) is 0 Å². The second kappa shape index (κ2) is 12.2. The van der Waals surface area contributed by atoms with Gasteiger partial charge in [0, 0.05) is 42.8 Å². The number of ether oxygens (including phenoxy) is 1. The normalized spacial score (nSPS) is 24.0. The molecule has 17 heteroatoms. The molecule has 3 fully saturated rings. The molecule has 0 aliphatic carbocycles. The van der Waals surface area contributed by atoms with E-state index < -0.39 is 80.6 Å². The molecular formula is C31H31F6N6O5+. The van der Waals surface area contributed by atoms with Gasteiger partial charge in [-0.1, -0.05) is 0 Å². The minimum absolute atomic E-state index is 0.0203. The van der Waals surface area contributed by atoms with E-state index in [1.165, 1.54) is 6.92 Å². The highest BCUT2D eigenvalue weighted by Crippen LogP contribution is 2.50. The lowest BCUT2D eigenvalue weighted by atomic mass is 10.0.